The molecule has 3 aromatic rings. The van der Waals surface area contributed by atoms with E-state index in [-0.39, 0.29) is 6.42 Å². The smallest absolute Gasteiger partial charge is 0.408 e. The summed E-state index contributed by atoms with van der Waals surface area (Å²) in [6.45, 7) is 8.24. The highest BCUT2D eigenvalue weighted by atomic mass is 16.6. The van der Waals surface area contributed by atoms with Crippen LogP contribution in [0.5, 0.6) is 11.5 Å². The molecule has 38 heavy (non-hydrogen) atoms. The molecule has 0 radical (unpaired) electrons. The summed E-state index contributed by atoms with van der Waals surface area (Å²) in [6.07, 6.45) is 2.94. The van der Waals surface area contributed by atoms with Crippen LogP contribution in [-0.4, -0.2) is 56.6 Å². The van der Waals surface area contributed by atoms with E-state index in [0.29, 0.717) is 24.7 Å². The minimum atomic E-state index is -0.945. The Morgan fingerprint density at radius 1 is 1.00 bits per heavy atom. The first-order chi connectivity index (χ1) is 18.1. The van der Waals surface area contributed by atoms with E-state index in [0.717, 1.165) is 33.0 Å². The number of pyridine rings is 1. The van der Waals surface area contributed by atoms with Crippen molar-refractivity contribution >= 4 is 22.8 Å². The van der Waals surface area contributed by atoms with Gasteiger partial charge in [0, 0.05) is 30.8 Å². The number of rotatable bonds is 10. The van der Waals surface area contributed by atoms with E-state index in [2.05, 4.69) is 10.3 Å². The lowest BCUT2D eigenvalue weighted by Gasteiger charge is -2.23. The van der Waals surface area contributed by atoms with Gasteiger partial charge in [0.05, 0.1) is 33.5 Å². The third-order valence-electron chi connectivity index (χ3n) is 5.82. The highest BCUT2D eigenvalue weighted by Gasteiger charge is 2.27. The molecule has 0 bridgehead atoms. The average molecular weight is 525 g/mol. The zero-order valence-electron chi connectivity index (χ0n) is 23.0. The summed E-state index contributed by atoms with van der Waals surface area (Å²) < 4.78 is 27.4. The fourth-order valence-electron chi connectivity index (χ4n) is 4.19. The van der Waals surface area contributed by atoms with E-state index in [4.69, 9.17) is 23.7 Å². The van der Waals surface area contributed by atoms with E-state index in [1.165, 1.54) is 7.11 Å². The largest absolute Gasteiger partial charge is 0.496 e. The molecule has 0 spiro atoms. The van der Waals surface area contributed by atoms with E-state index in [1.807, 2.05) is 37.3 Å². The molecule has 0 fully saturated rings. The maximum Gasteiger partial charge on any atom is 0.408 e. The Bertz CT molecular complexity index is 1260. The molecule has 9 nitrogen and oxygen atoms in total. The zero-order chi connectivity index (χ0) is 27.9. The van der Waals surface area contributed by atoms with E-state index < -0.39 is 23.7 Å². The van der Waals surface area contributed by atoms with Crippen LogP contribution in [-0.2, 0) is 32.0 Å². The number of carbonyl (C=O) groups excluding carboxylic acids is 2. The monoisotopic (exact) mass is 524 g/mol. The molecule has 9 heteroatoms. The highest BCUT2D eigenvalue weighted by Crippen LogP contribution is 2.43. The number of amides is 1. The Morgan fingerprint density at radius 3 is 2.26 bits per heavy atom. The second-order valence-electron chi connectivity index (χ2n) is 9.63. The minimum Gasteiger partial charge on any atom is -0.496 e. The fraction of sp³-hybridized carbons (Fsp3) is 0.414. The summed E-state index contributed by atoms with van der Waals surface area (Å²) in [5, 5.41) is 4.33. The Morgan fingerprint density at radius 2 is 1.68 bits per heavy atom. The number of aromatic nitrogens is 1. The molecule has 0 saturated heterocycles. The van der Waals surface area contributed by atoms with Crippen molar-refractivity contribution in [1.82, 2.24) is 10.3 Å². The lowest BCUT2D eigenvalue weighted by Crippen LogP contribution is -2.45. The van der Waals surface area contributed by atoms with Crippen LogP contribution in [0.2, 0.25) is 0 Å². The highest BCUT2D eigenvalue weighted by molar-refractivity contribution is 6.01. The van der Waals surface area contributed by atoms with Crippen molar-refractivity contribution in [2.24, 2.45) is 0 Å². The molecule has 2 aromatic carbocycles. The molecule has 204 valence electrons. The van der Waals surface area contributed by atoms with Crippen molar-refractivity contribution in [3.05, 3.63) is 53.9 Å². The third kappa shape index (κ3) is 6.92. The molecule has 0 aliphatic rings. The second kappa shape index (κ2) is 12.6. The summed E-state index contributed by atoms with van der Waals surface area (Å²) in [5.74, 6) is 0.697. The molecule has 1 N–H and O–H groups in total. The predicted octanol–water partition coefficient (Wildman–Crippen LogP) is 5.06. The van der Waals surface area contributed by atoms with Crippen LogP contribution in [0, 0.1) is 0 Å². The molecule has 3 rings (SSSR count). The van der Waals surface area contributed by atoms with Crippen molar-refractivity contribution in [3.8, 4) is 22.6 Å². The quantitative estimate of drug-likeness (QED) is 0.367. The second-order valence-corrected chi connectivity index (χ2v) is 9.63. The predicted molar refractivity (Wildman–Crippen MR) is 144 cm³/mol. The van der Waals surface area contributed by atoms with Gasteiger partial charge in [-0.3, -0.25) is 4.98 Å². The maximum absolute atomic E-state index is 12.6. The summed E-state index contributed by atoms with van der Waals surface area (Å²) in [6, 6.07) is 8.64. The number of esters is 1. The van der Waals surface area contributed by atoms with Crippen LogP contribution >= 0.6 is 0 Å². The van der Waals surface area contributed by atoms with Crippen LogP contribution in [0.25, 0.3) is 21.9 Å². The van der Waals surface area contributed by atoms with Crippen LogP contribution in [0.3, 0.4) is 0 Å². The van der Waals surface area contributed by atoms with Crippen LogP contribution in [0.1, 0.15) is 38.8 Å². The van der Waals surface area contributed by atoms with Gasteiger partial charge in [0.1, 0.15) is 23.1 Å². The molecule has 1 atom stereocenters. The topological polar surface area (TPSA) is 105 Å². The molecular weight excluding hydrogens is 488 g/mol. The lowest BCUT2D eigenvalue weighted by atomic mass is 9.92. The molecule has 1 unspecified atom stereocenters. The number of hydrogen-bond acceptors (Lipinski definition) is 8. The number of alkyl carbamates (subject to hydrolysis) is 1. The standard InChI is InChI=1S/C29H36N2O7/c1-8-37-17-18-13-24(34-5)26(25(14-18)35-6)21-10-9-19(20-11-12-30-16-22(20)21)15-23(27(32)36-7)31-28(33)38-29(2,3)4/h9-14,16,23H,8,15,17H2,1-7H3,(H,31,33). The Hall–Kier alpha value is -3.85. The summed E-state index contributed by atoms with van der Waals surface area (Å²) >= 11 is 0. The van der Waals surface area contributed by atoms with Gasteiger partial charge >= 0.3 is 12.1 Å². The number of ether oxygens (including phenoxy) is 5. The molecule has 0 aliphatic carbocycles. The number of nitrogens with zero attached hydrogens (tertiary/aromatic N) is 1. The van der Waals surface area contributed by atoms with Gasteiger partial charge in [-0.15, -0.1) is 0 Å². The van der Waals surface area contributed by atoms with Crippen LogP contribution < -0.4 is 14.8 Å². The number of carbonyl (C=O) groups is 2. The summed E-state index contributed by atoms with van der Waals surface area (Å²) in [5.41, 5.74) is 2.67. The molecule has 0 aliphatic heterocycles. The summed E-state index contributed by atoms with van der Waals surface area (Å²) in [4.78, 5) is 29.3. The van der Waals surface area contributed by atoms with Crippen LogP contribution in [0.15, 0.2) is 42.7 Å². The van der Waals surface area contributed by atoms with Gasteiger partial charge < -0.3 is 29.0 Å². The van der Waals surface area contributed by atoms with Gasteiger partial charge in [0.25, 0.3) is 0 Å². The van der Waals surface area contributed by atoms with Gasteiger partial charge in [-0.25, -0.2) is 9.59 Å². The fourth-order valence-corrected chi connectivity index (χ4v) is 4.19. The zero-order valence-corrected chi connectivity index (χ0v) is 23.0. The summed E-state index contributed by atoms with van der Waals surface area (Å²) in [7, 11) is 4.51. The van der Waals surface area contributed by atoms with Crippen molar-refractivity contribution in [2.45, 2.75) is 52.4 Å². The average Bonchev–Trinajstić information content (AvgIpc) is 2.89. The Kier molecular flexibility index (Phi) is 9.52. The molecule has 0 saturated carbocycles. The lowest BCUT2D eigenvalue weighted by molar-refractivity contribution is -0.143. The SMILES string of the molecule is CCOCc1cc(OC)c(-c2ccc(CC(NC(=O)OC(C)(C)C)C(=O)OC)c3ccncc23)c(OC)c1. The Labute approximate surface area is 223 Å². The van der Waals surface area contributed by atoms with E-state index in [9.17, 15) is 9.59 Å². The number of methoxy groups -OCH3 is 3. The third-order valence-corrected chi connectivity index (χ3v) is 5.82. The van der Waals surface area contributed by atoms with Gasteiger partial charge in [-0.05, 0) is 68.0 Å². The number of hydrogen-bond donors (Lipinski definition) is 1. The molecule has 1 aromatic heterocycles. The van der Waals surface area contributed by atoms with E-state index in [1.54, 1.807) is 47.4 Å². The number of fused-ring (bicyclic) bond motifs is 1. The van der Waals surface area contributed by atoms with Crippen molar-refractivity contribution in [2.75, 3.05) is 27.9 Å². The van der Waals surface area contributed by atoms with Gasteiger partial charge in [-0.1, -0.05) is 12.1 Å². The van der Waals surface area contributed by atoms with Gasteiger partial charge in [0.2, 0.25) is 0 Å². The first-order valence-electron chi connectivity index (χ1n) is 12.4. The van der Waals surface area contributed by atoms with Crippen molar-refractivity contribution in [3.63, 3.8) is 0 Å². The van der Waals surface area contributed by atoms with Gasteiger partial charge in [-0.2, -0.15) is 0 Å². The van der Waals surface area contributed by atoms with Crippen LogP contribution in [0.4, 0.5) is 4.79 Å². The normalized spacial score (nSPS) is 12.1. The van der Waals surface area contributed by atoms with Crippen molar-refractivity contribution < 1.29 is 33.3 Å². The molecular formula is C29H36N2O7. The number of nitrogens with one attached hydrogen (secondary N) is 1. The number of benzene rings is 2. The van der Waals surface area contributed by atoms with E-state index >= 15 is 0 Å². The first-order valence-corrected chi connectivity index (χ1v) is 12.4. The molecule has 1 heterocycles. The first kappa shape index (κ1) is 28.7. The molecule has 1 amide bonds. The minimum absolute atomic E-state index is 0.189. The van der Waals surface area contributed by atoms with Gasteiger partial charge in [0.15, 0.2) is 0 Å². The Balaban J connectivity index is 2.07. The maximum atomic E-state index is 12.6. The van der Waals surface area contributed by atoms with Crippen molar-refractivity contribution in [1.29, 1.82) is 0 Å².